The maximum atomic E-state index is 13.3. The van der Waals surface area contributed by atoms with Crippen molar-refractivity contribution in [1.82, 2.24) is 4.90 Å². The number of benzene rings is 2. The second kappa shape index (κ2) is 8.56. The third kappa shape index (κ3) is 4.70. The molecule has 5 nitrogen and oxygen atoms in total. The minimum absolute atomic E-state index is 0.203. The number of amides is 2. The van der Waals surface area contributed by atoms with E-state index in [1.807, 2.05) is 30.9 Å². The molecular formula is C21H20BrF3N4O. The fourth-order valence-electron chi connectivity index (χ4n) is 3.54. The Kier molecular flexibility index (Phi) is 6.27. The molecule has 1 N–H and O–H groups in total. The molecule has 3 rings (SSSR count). The number of nitrogens with one attached hydrogen (secondary N) is 1. The van der Waals surface area contributed by atoms with Crippen LogP contribution in [0.15, 0.2) is 46.9 Å². The molecule has 0 saturated carbocycles. The van der Waals surface area contributed by atoms with Gasteiger partial charge in [-0.1, -0.05) is 15.9 Å². The molecule has 1 aliphatic rings. The maximum Gasteiger partial charge on any atom is 0.417 e. The van der Waals surface area contributed by atoms with Crippen LogP contribution in [0.5, 0.6) is 0 Å². The first-order valence-corrected chi connectivity index (χ1v) is 10.1. The second-order valence-electron chi connectivity index (χ2n) is 7.28. The van der Waals surface area contributed by atoms with Crippen molar-refractivity contribution in [2.75, 3.05) is 23.3 Å². The normalized spacial score (nSPS) is 19.4. The molecule has 0 radical (unpaired) electrons. The van der Waals surface area contributed by atoms with Crippen molar-refractivity contribution in [3.8, 4) is 6.07 Å². The van der Waals surface area contributed by atoms with Crippen LogP contribution in [0.25, 0.3) is 0 Å². The number of carbonyl (C=O) groups excluding carboxylic acids is 1. The smallest absolute Gasteiger partial charge is 0.365 e. The lowest BCUT2D eigenvalue weighted by atomic mass is 10.0. The summed E-state index contributed by atoms with van der Waals surface area (Å²) in [6.07, 6.45) is -4.61. The van der Waals surface area contributed by atoms with Crippen molar-refractivity contribution in [2.24, 2.45) is 0 Å². The van der Waals surface area contributed by atoms with Crippen molar-refractivity contribution < 1.29 is 18.0 Å². The van der Waals surface area contributed by atoms with Crippen molar-refractivity contribution in [3.63, 3.8) is 0 Å². The van der Waals surface area contributed by atoms with Crippen LogP contribution in [0.2, 0.25) is 0 Å². The molecule has 0 unspecified atom stereocenters. The van der Waals surface area contributed by atoms with Gasteiger partial charge < -0.3 is 15.1 Å². The summed E-state index contributed by atoms with van der Waals surface area (Å²) < 4.78 is 40.9. The van der Waals surface area contributed by atoms with Crippen LogP contribution in [0.4, 0.5) is 29.3 Å². The zero-order valence-electron chi connectivity index (χ0n) is 16.4. The third-order valence-corrected chi connectivity index (χ3v) is 5.63. The topological polar surface area (TPSA) is 59.4 Å². The number of rotatable bonds is 2. The van der Waals surface area contributed by atoms with Gasteiger partial charge in [-0.3, -0.25) is 0 Å². The molecule has 2 amide bonds. The number of carbonyl (C=O) groups is 1. The average molecular weight is 481 g/mol. The van der Waals surface area contributed by atoms with E-state index in [9.17, 15) is 18.0 Å². The molecule has 30 heavy (non-hydrogen) atoms. The Bertz CT molecular complexity index is 972. The Hall–Kier alpha value is -2.73. The molecule has 0 aromatic heterocycles. The summed E-state index contributed by atoms with van der Waals surface area (Å²) in [5.41, 5.74) is -0.307. The van der Waals surface area contributed by atoms with E-state index in [1.54, 1.807) is 23.1 Å². The molecule has 1 saturated heterocycles. The molecule has 2 aromatic carbocycles. The van der Waals surface area contributed by atoms with Crippen LogP contribution in [0, 0.1) is 11.3 Å². The number of nitriles is 1. The van der Waals surface area contributed by atoms with Crippen LogP contribution >= 0.6 is 15.9 Å². The van der Waals surface area contributed by atoms with E-state index in [2.05, 4.69) is 21.2 Å². The molecule has 0 aliphatic carbocycles. The van der Waals surface area contributed by atoms with Gasteiger partial charge in [-0.25, -0.2) is 4.79 Å². The fraction of sp³-hybridized carbons (Fsp3) is 0.333. The summed E-state index contributed by atoms with van der Waals surface area (Å²) in [5.74, 6) is 0. The highest BCUT2D eigenvalue weighted by atomic mass is 79.9. The highest BCUT2D eigenvalue weighted by molar-refractivity contribution is 9.10. The highest BCUT2D eigenvalue weighted by Crippen LogP contribution is 2.35. The number of urea groups is 1. The molecule has 9 heteroatoms. The summed E-state index contributed by atoms with van der Waals surface area (Å²) in [6, 6.07) is 11.9. The number of piperazine rings is 1. The SMILES string of the molecule is C[C@@H]1CN(C(=O)Nc2ccc(Br)cc2)[C@@H](C)CN1c1ccc(C#N)c(C(F)(F)F)c1. The van der Waals surface area contributed by atoms with Gasteiger partial charge in [-0.05, 0) is 56.3 Å². The van der Waals surface area contributed by atoms with E-state index >= 15 is 0 Å². The summed E-state index contributed by atoms with van der Waals surface area (Å²) in [5, 5.41) is 11.8. The van der Waals surface area contributed by atoms with Crippen LogP contribution in [-0.2, 0) is 6.18 Å². The average Bonchev–Trinajstić information content (AvgIpc) is 2.70. The van der Waals surface area contributed by atoms with E-state index in [1.165, 1.54) is 12.1 Å². The number of hydrogen-bond acceptors (Lipinski definition) is 3. The predicted octanol–water partition coefficient (Wildman–Crippen LogP) is 5.47. The molecule has 0 spiro atoms. The first-order chi connectivity index (χ1) is 14.1. The molecule has 1 fully saturated rings. The van der Waals surface area contributed by atoms with Gasteiger partial charge in [-0.2, -0.15) is 18.4 Å². The van der Waals surface area contributed by atoms with Gasteiger partial charge in [-0.15, -0.1) is 0 Å². The molecule has 2 aromatic rings. The Balaban J connectivity index is 1.77. The Morgan fingerprint density at radius 3 is 2.40 bits per heavy atom. The quantitative estimate of drug-likeness (QED) is 0.619. The molecule has 1 heterocycles. The molecule has 1 aliphatic heterocycles. The molecule has 158 valence electrons. The van der Waals surface area contributed by atoms with E-state index in [4.69, 9.17) is 5.26 Å². The Labute approximate surface area is 181 Å². The van der Waals surface area contributed by atoms with Crippen molar-refractivity contribution >= 4 is 33.3 Å². The largest absolute Gasteiger partial charge is 0.417 e. The Morgan fingerprint density at radius 2 is 1.80 bits per heavy atom. The monoisotopic (exact) mass is 480 g/mol. The van der Waals surface area contributed by atoms with Gasteiger partial charge in [0.1, 0.15) is 0 Å². The van der Waals surface area contributed by atoms with Crippen LogP contribution < -0.4 is 10.2 Å². The summed E-state index contributed by atoms with van der Waals surface area (Å²) in [7, 11) is 0. The van der Waals surface area contributed by atoms with E-state index in [-0.39, 0.29) is 18.1 Å². The minimum Gasteiger partial charge on any atom is -0.365 e. The van der Waals surface area contributed by atoms with Gasteiger partial charge in [0, 0.05) is 41.0 Å². The first-order valence-electron chi connectivity index (χ1n) is 9.31. The zero-order chi connectivity index (χ0) is 22.1. The predicted molar refractivity (Wildman–Crippen MR) is 112 cm³/mol. The first kappa shape index (κ1) is 22.0. The van der Waals surface area contributed by atoms with Gasteiger partial charge in [0.2, 0.25) is 0 Å². The fourth-order valence-corrected chi connectivity index (χ4v) is 3.81. The summed E-state index contributed by atoms with van der Waals surface area (Å²) in [6.45, 7) is 4.44. The maximum absolute atomic E-state index is 13.3. The van der Waals surface area contributed by atoms with Crippen molar-refractivity contribution in [1.29, 1.82) is 5.26 Å². The number of alkyl halides is 3. The highest BCUT2D eigenvalue weighted by Gasteiger charge is 2.36. The lowest BCUT2D eigenvalue weighted by Gasteiger charge is -2.45. The zero-order valence-corrected chi connectivity index (χ0v) is 18.0. The van der Waals surface area contributed by atoms with Crippen molar-refractivity contribution in [2.45, 2.75) is 32.1 Å². The minimum atomic E-state index is -4.61. The lowest BCUT2D eigenvalue weighted by Crippen LogP contribution is -2.59. The Morgan fingerprint density at radius 1 is 1.13 bits per heavy atom. The van der Waals surface area contributed by atoms with Crippen LogP contribution in [0.1, 0.15) is 25.0 Å². The van der Waals surface area contributed by atoms with Crippen LogP contribution in [0.3, 0.4) is 0 Å². The molecule has 2 atom stereocenters. The second-order valence-corrected chi connectivity index (χ2v) is 8.19. The number of anilines is 2. The van der Waals surface area contributed by atoms with E-state index in [0.717, 1.165) is 10.5 Å². The lowest BCUT2D eigenvalue weighted by molar-refractivity contribution is -0.137. The summed E-state index contributed by atoms with van der Waals surface area (Å²) in [4.78, 5) is 16.2. The van der Waals surface area contributed by atoms with Crippen molar-refractivity contribution in [3.05, 3.63) is 58.1 Å². The van der Waals surface area contributed by atoms with Gasteiger partial charge >= 0.3 is 12.2 Å². The summed E-state index contributed by atoms with van der Waals surface area (Å²) >= 11 is 3.34. The number of halogens is 4. The molecular weight excluding hydrogens is 461 g/mol. The standard InChI is InChI=1S/C21H20BrF3N4O/c1-13-12-29(20(30)27-17-6-4-16(22)5-7-17)14(2)11-28(13)18-8-3-15(10-26)19(9-18)21(23,24)25/h3-9,13-14H,11-12H2,1-2H3,(H,27,30)/t13-,14+/m1/s1. The third-order valence-electron chi connectivity index (χ3n) is 5.10. The van der Waals surface area contributed by atoms with Gasteiger partial charge in [0.25, 0.3) is 0 Å². The van der Waals surface area contributed by atoms with Gasteiger partial charge in [0.15, 0.2) is 0 Å². The van der Waals surface area contributed by atoms with Crippen LogP contribution in [-0.4, -0.2) is 36.1 Å². The number of hydrogen-bond donors (Lipinski definition) is 1. The van der Waals surface area contributed by atoms with E-state index in [0.29, 0.717) is 24.5 Å². The molecule has 0 bridgehead atoms. The number of nitrogens with zero attached hydrogens (tertiary/aromatic N) is 3. The van der Waals surface area contributed by atoms with Gasteiger partial charge in [0.05, 0.1) is 17.2 Å². The van der Waals surface area contributed by atoms with E-state index < -0.39 is 17.3 Å².